The normalized spacial score (nSPS) is 20.1. The highest BCUT2D eigenvalue weighted by Crippen LogP contribution is 2.43. The van der Waals surface area contributed by atoms with Gasteiger partial charge in [-0.15, -0.1) is 0 Å². The molecule has 4 atom stereocenters. The van der Waals surface area contributed by atoms with Gasteiger partial charge in [0, 0.05) is 18.4 Å². The van der Waals surface area contributed by atoms with Gasteiger partial charge < -0.3 is 18.6 Å². The van der Waals surface area contributed by atoms with E-state index in [9.17, 15) is 0 Å². The molecule has 1 aliphatic rings. The molecule has 0 bridgehead atoms. The van der Waals surface area contributed by atoms with Gasteiger partial charge in [0.1, 0.15) is 5.60 Å². The summed E-state index contributed by atoms with van der Waals surface area (Å²) in [7, 11) is -2.71. The van der Waals surface area contributed by atoms with Crippen molar-refractivity contribution >= 4 is 18.7 Å². The predicted octanol–water partition coefficient (Wildman–Crippen LogP) is 9.36. The van der Waals surface area contributed by atoms with Crippen molar-refractivity contribution in [3.63, 3.8) is 0 Å². The van der Waals surface area contributed by atoms with E-state index in [0.29, 0.717) is 13.2 Å². The van der Waals surface area contributed by atoms with Crippen LogP contribution in [-0.2, 0) is 24.2 Å². The van der Waals surface area contributed by atoms with Gasteiger partial charge in [0.25, 0.3) is 8.32 Å². The van der Waals surface area contributed by atoms with Crippen molar-refractivity contribution in [3.8, 4) is 0 Å². The maximum Gasteiger partial charge on any atom is 0.261 e. The molecule has 0 amide bonds. The van der Waals surface area contributed by atoms with Crippen LogP contribution in [0.1, 0.15) is 65.2 Å². The lowest BCUT2D eigenvalue weighted by molar-refractivity contribution is -0.335. The Balaban J connectivity index is 1.31. The van der Waals surface area contributed by atoms with Crippen molar-refractivity contribution in [1.82, 2.24) is 0 Å². The molecule has 0 aromatic heterocycles. The zero-order chi connectivity index (χ0) is 36.1. The summed E-state index contributed by atoms with van der Waals surface area (Å²) in [5.41, 5.74) is 2.39. The highest BCUT2D eigenvalue weighted by atomic mass is 28.4. The van der Waals surface area contributed by atoms with Crippen LogP contribution >= 0.6 is 0 Å². The molecule has 5 heteroatoms. The van der Waals surface area contributed by atoms with E-state index in [-0.39, 0.29) is 29.1 Å². The van der Waals surface area contributed by atoms with Crippen LogP contribution in [-0.4, -0.2) is 39.5 Å². The van der Waals surface area contributed by atoms with Crippen LogP contribution < -0.4 is 10.4 Å². The van der Waals surface area contributed by atoms with Gasteiger partial charge in [-0.25, -0.2) is 0 Å². The summed E-state index contributed by atoms with van der Waals surface area (Å²) in [4.78, 5) is 0. The summed E-state index contributed by atoms with van der Waals surface area (Å²) in [6.45, 7) is 16.5. The zero-order valence-electron chi connectivity index (χ0n) is 31.3. The average Bonchev–Trinajstić information content (AvgIpc) is 3.15. The van der Waals surface area contributed by atoms with E-state index in [1.54, 1.807) is 0 Å². The SMILES string of the molecule is C[C@@H]1[C@H]([C@@H](C)CO[Si](c2ccccc2)(c2ccccc2)C(C)(C)C)OC(C)(C)O[C@H]1COC(c1ccccc1)(c1ccccc1)c1ccccc1. The maximum atomic E-state index is 7.41. The molecule has 266 valence electrons. The Kier molecular flexibility index (Phi) is 11.2. The molecule has 5 aromatic rings. The van der Waals surface area contributed by atoms with E-state index in [2.05, 4.69) is 186 Å². The van der Waals surface area contributed by atoms with Gasteiger partial charge >= 0.3 is 0 Å². The molecule has 5 aromatic carbocycles. The fourth-order valence-corrected chi connectivity index (χ4v) is 12.7. The molecule has 0 unspecified atom stereocenters. The van der Waals surface area contributed by atoms with Gasteiger partial charge in [-0.1, -0.05) is 186 Å². The van der Waals surface area contributed by atoms with Gasteiger partial charge in [-0.05, 0) is 45.9 Å². The van der Waals surface area contributed by atoms with Gasteiger partial charge in [-0.2, -0.15) is 0 Å². The average molecular weight is 699 g/mol. The molecule has 0 spiro atoms. The highest BCUT2D eigenvalue weighted by molar-refractivity contribution is 6.99. The molecule has 1 heterocycles. The zero-order valence-corrected chi connectivity index (χ0v) is 32.3. The largest absolute Gasteiger partial charge is 0.407 e. The summed E-state index contributed by atoms with van der Waals surface area (Å²) in [6, 6.07) is 53.3. The molecule has 51 heavy (non-hydrogen) atoms. The molecule has 1 fully saturated rings. The molecule has 0 radical (unpaired) electrons. The third-order valence-corrected chi connectivity index (χ3v) is 15.5. The standard InChI is InChI=1S/C46H54O4Si/c1-35(33-48-51(44(3,4)5,40-29-19-11-20-30-40)41-31-21-12-22-32-41)43-36(2)42(49-45(6,7)50-43)34-47-46(37-23-13-8-14-24-37,38-25-15-9-16-26-38)39-27-17-10-18-28-39/h8-32,35-36,42-43H,33-34H2,1-7H3/t35-,36-,42-,43-/m0/s1. The smallest absolute Gasteiger partial charge is 0.261 e. The van der Waals surface area contributed by atoms with Crippen LogP contribution in [0.2, 0.25) is 5.04 Å². The molecule has 0 aliphatic carbocycles. The van der Waals surface area contributed by atoms with Crippen molar-refractivity contribution in [2.45, 2.75) is 77.1 Å². The van der Waals surface area contributed by atoms with Crippen LogP contribution in [0.25, 0.3) is 0 Å². The van der Waals surface area contributed by atoms with Crippen LogP contribution in [0, 0.1) is 11.8 Å². The quantitative estimate of drug-likeness (QED) is 0.0962. The Hall–Kier alpha value is -3.84. The summed E-state index contributed by atoms with van der Waals surface area (Å²) in [6.07, 6.45) is -0.329. The minimum atomic E-state index is -2.71. The molecule has 1 saturated heterocycles. The van der Waals surface area contributed by atoms with Gasteiger partial charge in [0.15, 0.2) is 5.79 Å². The van der Waals surface area contributed by atoms with Gasteiger partial charge in [0.05, 0.1) is 18.8 Å². The van der Waals surface area contributed by atoms with Crippen LogP contribution in [0.15, 0.2) is 152 Å². The van der Waals surface area contributed by atoms with Crippen molar-refractivity contribution in [2.75, 3.05) is 13.2 Å². The van der Waals surface area contributed by atoms with E-state index in [1.807, 2.05) is 13.8 Å². The third kappa shape index (κ3) is 7.55. The van der Waals surface area contributed by atoms with Crippen molar-refractivity contribution in [3.05, 3.63) is 168 Å². The Morgan fingerprint density at radius 1 is 0.627 bits per heavy atom. The Bertz CT molecular complexity index is 1650. The molecule has 6 rings (SSSR count). The lowest BCUT2D eigenvalue weighted by Crippen LogP contribution is -2.67. The maximum absolute atomic E-state index is 7.41. The molecule has 1 aliphatic heterocycles. The fourth-order valence-electron chi connectivity index (χ4n) is 8.06. The van der Waals surface area contributed by atoms with Gasteiger partial charge in [-0.3, -0.25) is 0 Å². The Morgan fingerprint density at radius 3 is 1.41 bits per heavy atom. The number of hydrogen-bond donors (Lipinski definition) is 0. The summed E-state index contributed by atoms with van der Waals surface area (Å²) >= 11 is 0. The van der Waals surface area contributed by atoms with Crippen LogP contribution in [0.4, 0.5) is 0 Å². The van der Waals surface area contributed by atoms with E-state index >= 15 is 0 Å². The molecule has 0 saturated carbocycles. The minimum Gasteiger partial charge on any atom is -0.407 e. The lowest BCUT2D eigenvalue weighted by Gasteiger charge is -2.49. The lowest BCUT2D eigenvalue weighted by atomic mass is 9.80. The number of ether oxygens (including phenoxy) is 3. The van der Waals surface area contributed by atoms with Crippen molar-refractivity contribution in [2.24, 2.45) is 11.8 Å². The van der Waals surface area contributed by atoms with Gasteiger partial charge in [0.2, 0.25) is 0 Å². The highest BCUT2D eigenvalue weighted by Gasteiger charge is 2.51. The molecule has 0 N–H and O–H groups in total. The second-order valence-corrected chi connectivity index (χ2v) is 19.8. The van der Waals surface area contributed by atoms with E-state index < -0.39 is 19.7 Å². The Labute approximate surface area is 306 Å². The number of benzene rings is 5. The number of rotatable bonds is 12. The first-order valence-corrected chi connectivity index (χ1v) is 20.3. The summed E-state index contributed by atoms with van der Waals surface area (Å²) in [5.74, 6) is -0.670. The van der Waals surface area contributed by atoms with E-state index in [1.165, 1.54) is 10.4 Å². The topological polar surface area (TPSA) is 36.9 Å². The first-order valence-electron chi connectivity index (χ1n) is 18.4. The minimum absolute atomic E-state index is 0.0378. The monoisotopic (exact) mass is 698 g/mol. The molecular formula is C46H54O4Si. The third-order valence-electron chi connectivity index (χ3n) is 10.5. The first-order chi connectivity index (χ1) is 24.5. The first kappa shape index (κ1) is 36.9. The predicted molar refractivity (Wildman–Crippen MR) is 211 cm³/mol. The van der Waals surface area contributed by atoms with E-state index in [0.717, 1.165) is 16.7 Å². The van der Waals surface area contributed by atoms with Crippen LogP contribution in [0.3, 0.4) is 0 Å². The second kappa shape index (κ2) is 15.4. The van der Waals surface area contributed by atoms with Crippen LogP contribution in [0.5, 0.6) is 0 Å². The fraction of sp³-hybridized carbons (Fsp3) is 0.348. The molecular weight excluding hydrogens is 645 g/mol. The van der Waals surface area contributed by atoms with E-state index in [4.69, 9.17) is 18.6 Å². The Morgan fingerprint density at radius 2 is 1.02 bits per heavy atom. The second-order valence-electron chi connectivity index (χ2n) is 15.5. The van der Waals surface area contributed by atoms with Crippen molar-refractivity contribution < 1.29 is 18.6 Å². The van der Waals surface area contributed by atoms with Crippen molar-refractivity contribution in [1.29, 1.82) is 0 Å². The summed E-state index contributed by atoms with van der Waals surface area (Å²) < 4.78 is 28.2. The number of hydrogen-bond acceptors (Lipinski definition) is 4. The molecule has 4 nitrogen and oxygen atoms in total. The summed E-state index contributed by atoms with van der Waals surface area (Å²) in [5, 5.41) is 2.45.